The van der Waals surface area contributed by atoms with Crippen molar-refractivity contribution in [1.82, 2.24) is 4.90 Å². The molecule has 6 heteroatoms. The van der Waals surface area contributed by atoms with Crippen molar-refractivity contribution in [2.45, 2.75) is 45.4 Å². The zero-order chi connectivity index (χ0) is 18.7. The van der Waals surface area contributed by atoms with E-state index >= 15 is 0 Å². The van der Waals surface area contributed by atoms with Crippen molar-refractivity contribution in [3.63, 3.8) is 0 Å². The van der Waals surface area contributed by atoms with E-state index in [0.717, 1.165) is 32.4 Å². The van der Waals surface area contributed by atoms with Gasteiger partial charge in [-0.2, -0.15) is 0 Å². The lowest BCUT2D eigenvalue weighted by molar-refractivity contribution is -0.139. The van der Waals surface area contributed by atoms with Crippen LogP contribution >= 0.6 is 11.6 Å². The maximum atomic E-state index is 13.2. The SMILES string of the molecule is CC1CCCN(C(=O)C2CCC(C(=O)Nc3ccc(F)c(Cl)c3)CC2)C1. The van der Waals surface area contributed by atoms with Crippen LogP contribution in [0.1, 0.15) is 45.4 Å². The van der Waals surface area contributed by atoms with Crippen LogP contribution in [0, 0.1) is 23.6 Å². The first-order valence-corrected chi connectivity index (χ1v) is 9.86. The summed E-state index contributed by atoms with van der Waals surface area (Å²) < 4.78 is 13.2. The van der Waals surface area contributed by atoms with Crippen molar-refractivity contribution in [2.75, 3.05) is 18.4 Å². The molecule has 0 radical (unpaired) electrons. The van der Waals surface area contributed by atoms with Crippen molar-refractivity contribution in [2.24, 2.45) is 17.8 Å². The summed E-state index contributed by atoms with van der Waals surface area (Å²) in [5.74, 6) is 0.201. The van der Waals surface area contributed by atoms with Gasteiger partial charge in [0.25, 0.3) is 0 Å². The molecule has 1 aromatic rings. The number of likely N-dealkylation sites (tertiary alicyclic amines) is 1. The molecule has 1 heterocycles. The number of carbonyl (C=O) groups is 2. The molecule has 2 aliphatic rings. The summed E-state index contributed by atoms with van der Waals surface area (Å²) in [7, 11) is 0. The molecule has 3 rings (SSSR count). The Morgan fingerprint density at radius 3 is 2.50 bits per heavy atom. The minimum absolute atomic E-state index is 0.00661. The first-order chi connectivity index (χ1) is 12.4. The average Bonchev–Trinajstić information content (AvgIpc) is 2.64. The van der Waals surface area contributed by atoms with Gasteiger partial charge in [-0.25, -0.2) is 4.39 Å². The lowest BCUT2D eigenvalue weighted by Crippen LogP contribution is -2.43. The molecule has 1 aromatic carbocycles. The van der Waals surface area contributed by atoms with Gasteiger partial charge in [0.1, 0.15) is 5.82 Å². The molecule has 1 saturated carbocycles. The van der Waals surface area contributed by atoms with E-state index in [2.05, 4.69) is 12.2 Å². The molecule has 4 nitrogen and oxygen atoms in total. The quantitative estimate of drug-likeness (QED) is 0.840. The molecule has 1 atom stereocenters. The van der Waals surface area contributed by atoms with Crippen LogP contribution in [0.3, 0.4) is 0 Å². The van der Waals surface area contributed by atoms with Crippen molar-refractivity contribution >= 4 is 29.1 Å². The van der Waals surface area contributed by atoms with Crippen LogP contribution in [0.5, 0.6) is 0 Å². The van der Waals surface area contributed by atoms with Gasteiger partial charge >= 0.3 is 0 Å². The summed E-state index contributed by atoms with van der Waals surface area (Å²) in [5, 5.41) is 2.80. The van der Waals surface area contributed by atoms with Gasteiger partial charge in [0.05, 0.1) is 5.02 Å². The van der Waals surface area contributed by atoms with Crippen LogP contribution in [0.15, 0.2) is 18.2 Å². The van der Waals surface area contributed by atoms with E-state index < -0.39 is 5.82 Å². The Labute approximate surface area is 159 Å². The fourth-order valence-corrected chi connectivity index (χ4v) is 4.25. The molecule has 142 valence electrons. The van der Waals surface area contributed by atoms with E-state index in [1.54, 1.807) is 0 Å². The van der Waals surface area contributed by atoms with E-state index in [9.17, 15) is 14.0 Å². The molecule has 1 aliphatic carbocycles. The van der Waals surface area contributed by atoms with Gasteiger partial charge < -0.3 is 10.2 Å². The summed E-state index contributed by atoms with van der Waals surface area (Å²) in [5.41, 5.74) is 0.502. The van der Waals surface area contributed by atoms with Crippen LogP contribution in [0.4, 0.5) is 10.1 Å². The Kier molecular flexibility index (Phi) is 6.17. The largest absolute Gasteiger partial charge is 0.342 e. The summed E-state index contributed by atoms with van der Waals surface area (Å²) in [6.45, 7) is 3.93. The van der Waals surface area contributed by atoms with Crippen LogP contribution < -0.4 is 5.32 Å². The molecule has 2 amide bonds. The molecule has 0 spiro atoms. The van der Waals surface area contributed by atoms with Crippen LogP contribution in [0.2, 0.25) is 5.02 Å². The van der Waals surface area contributed by atoms with E-state index in [1.165, 1.54) is 24.6 Å². The first kappa shape index (κ1) is 19.2. The molecule has 0 bridgehead atoms. The Balaban J connectivity index is 1.50. The number of nitrogens with one attached hydrogen (secondary N) is 1. The summed E-state index contributed by atoms with van der Waals surface area (Å²) in [6, 6.07) is 4.17. The third-order valence-corrected chi connectivity index (χ3v) is 5.89. The Morgan fingerprint density at radius 1 is 1.15 bits per heavy atom. The number of anilines is 1. The fraction of sp³-hybridized carbons (Fsp3) is 0.600. The summed E-state index contributed by atoms with van der Waals surface area (Å²) >= 11 is 5.75. The summed E-state index contributed by atoms with van der Waals surface area (Å²) in [6.07, 6.45) is 5.22. The smallest absolute Gasteiger partial charge is 0.227 e. The van der Waals surface area contributed by atoms with Crippen molar-refractivity contribution in [3.8, 4) is 0 Å². The number of hydrogen-bond acceptors (Lipinski definition) is 2. The van der Waals surface area contributed by atoms with Gasteiger partial charge in [0, 0.05) is 30.6 Å². The van der Waals surface area contributed by atoms with Crippen LogP contribution in [0.25, 0.3) is 0 Å². The number of nitrogens with zero attached hydrogens (tertiary/aromatic N) is 1. The highest BCUT2D eigenvalue weighted by molar-refractivity contribution is 6.31. The second-order valence-corrected chi connectivity index (χ2v) is 8.11. The molecule has 26 heavy (non-hydrogen) atoms. The Bertz CT molecular complexity index is 674. The number of halogens is 2. The number of benzene rings is 1. The maximum Gasteiger partial charge on any atom is 0.227 e. The highest BCUT2D eigenvalue weighted by atomic mass is 35.5. The number of amides is 2. The third kappa shape index (κ3) is 4.56. The lowest BCUT2D eigenvalue weighted by atomic mass is 9.80. The fourth-order valence-electron chi connectivity index (χ4n) is 4.07. The van der Waals surface area contributed by atoms with Gasteiger partial charge in [-0.1, -0.05) is 18.5 Å². The van der Waals surface area contributed by atoms with Crippen molar-refractivity contribution in [3.05, 3.63) is 29.0 Å². The van der Waals surface area contributed by atoms with Gasteiger partial charge in [0.2, 0.25) is 11.8 Å². The molecule has 2 fully saturated rings. The Morgan fingerprint density at radius 2 is 1.85 bits per heavy atom. The number of rotatable bonds is 3. The van der Waals surface area contributed by atoms with Crippen LogP contribution in [-0.4, -0.2) is 29.8 Å². The zero-order valence-electron chi connectivity index (χ0n) is 15.1. The third-order valence-electron chi connectivity index (χ3n) is 5.60. The van der Waals surface area contributed by atoms with Gasteiger partial charge in [-0.05, 0) is 62.6 Å². The predicted octanol–water partition coefficient (Wildman–Crippen LogP) is 4.48. The monoisotopic (exact) mass is 380 g/mol. The van der Waals surface area contributed by atoms with E-state index in [4.69, 9.17) is 11.6 Å². The Hall–Kier alpha value is -1.62. The first-order valence-electron chi connectivity index (χ1n) is 9.48. The molecule has 1 N–H and O–H groups in total. The lowest BCUT2D eigenvalue weighted by Gasteiger charge is -2.35. The van der Waals surface area contributed by atoms with Gasteiger partial charge in [0.15, 0.2) is 0 Å². The van der Waals surface area contributed by atoms with E-state index in [0.29, 0.717) is 24.4 Å². The molecular formula is C20H26ClFN2O2. The molecular weight excluding hydrogens is 355 g/mol. The standard InChI is InChI=1S/C20H26ClFN2O2/c1-13-3-2-10-24(12-13)20(26)15-6-4-14(5-7-15)19(25)23-16-8-9-18(22)17(21)11-16/h8-9,11,13-15H,2-7,10,12H2,1H3,(H,23,25). The second-order valence-electron chi connectivity index (χ2n) is 7.70. The number of hydrogen-bond donors (Lipinski definition) is 1. The van der Waals surface area contributed by atoms with Crippen molar-refractivity contribution < 1.29 is 14.0 Å². The van der Waals surface area contributed by atoms with E-state index in [-0.39, 0.29) is 28.7 Å². The van der Waals surface area contributed by atoms with E-state index in [1.807, 2.05) is 4.90 Å². The highest BCUT2D eigenvalue weighted by Gasteiger charge is 2.33. The van der Waals surface area contributed by atoms with Gasteiger partial charge in [-0.15, -0.1) is 0 Å². The molecule has 1 unspecified atom stereocenters. The number of piperidine rings is 1. The molecule has 0 aromatic heterocycles. The van der Waals surface area contributed by atoms with Gasteiger partial charge in [-0.3, -0.25) is 9.59 Å². The maximum absolute atomic E-state index is 13.2. The normalized spacial score (nSPS) is 26.4. The average molecular weight is 381 g/mol. The highest BCUT2D eigenvalue weighted by Crippen LogP contribution is 2.32. The van der Waals surface area contributed by atoms with Crippen LogP contribution in [-0.2, 0) is 9.59 Å². The summed E-state index contributed by atoms with van der Waals surface area (Å²) in [4.78, 5) is 27.2. The minimum atomic E-state index is -0.504. The molecule has 1 saturated heterocycles. The minimum Gasteiger partial charge on any atom is -0.342 e. The van der Waals surface area contributed by atoms with Crippen molar-refractivity contribution in [1.29, 1.82) is 0 Å². The second kappa shape index (κ2) is 8.38. The zero-order valence-corrected chi connectivity index (χ0v) is 15.9. The molecule has 1 aliphatic heterocycles. The predicted molar refractivity (Wildman–Crippen MR) is 100 cm³/mol. The topological polar surface area (TPSA) is 49.4 Å². The number of carbonyl (C=O) groups excluding carboxylic acids is 2.